The van der Waals surface area contributed by atoms with Crippen LogP contribution >= 0.6 is 0 Å². The largest absolute Gasteiger partial charge is 0.332 e. The fourth-order valence-electron chi connectivity index (χ4n) is 4.12. The van der Waals surface area contributed by atoms with Crippen LogP contribution < -0.4 is 0 Å². The Labute approximate surface area is 180 Å². The van der Waals surface area contributed by atoms with E-state index in [4.69, 9.17) is 15.0 Å². The average molecular weight is 401 g/mol. The lowest BCUT2D eigenvalue weighted by Gasteiger charge is -2.08. The van der Waals surface area contributed by atoms with Crippen molar-refractivity contribution in [2.75, 3.05) is 0 Å². The number of benzene rings is 2. The van der Waals surface area contributed by atoms with Crippen LogP contribution in [0.2, 0.25) is 0 Å². The number of nitrogens with zero attached hydrogens (tertiary/aromatic N) is 4. The van der Waals surface area contributed by atoms with E-state index in [-0.39, 0.29) is 0 Å². The molecule has 0 amide bonds. The van der Waals surface area contributed by atoms with Crippen molar-refractivity contribution in [3.8, 4) is 0 Å². The zero-order valence-electron chi connectivity index (χ0n) is 19.7. The van der Waals surface area contributed by atoms with Crippen molar-refractivity contribution in [3.63, 3.8) is 0 Å². The highest BCUT2D eigenvalue weighted by Crippen LogP contribution is 2.27. The molecule has 0 spiro atoms. The van der Waals surface area contributed by atoms with Gasteiger partial charge in [-0.1, -0.05) is 35.4 Å². The highest BCUT2D eigenvalue weighted by atomic mass is 15.1. The Bertz CT molecular complexity index is 1130. The maximum Gasteiger partial charge on any atom is 0.154 e. The summed E-state index contributed by atoms with van der Waals surface area (Å²) in [6.07, 6.45) is 2.03. The lowest BCUT2D eigenvalue weighted by molar-refractivity contribution is 0.896. The number of aromatic nitrogens is 2. The molecule has 0 aliphatic heterocycles. The second-order valence-electron chi connectivity index (χ2n) is 8.45. The number of aryl methyl sites for hydroxylation is 7. The summed E-state index contributed by atoms with van der Waals surface area (Å²) in [4.78, 5) is 14.7. The van der Waals surface area contributed by atoms with E-state index in [9.17, 15) is 0 Å². The van der Waals surface area contributed by atoms with Gasteiger partial charge in [-0.2, -0.15) is 0 Å². The van der Waals surface area contributed by atoms with E-state index in [1.165, 1.54) is 33.4 Å². The van der Waals surface area contributed by atoms with Crippen molar-refractivity contribution in [2.24, 2.45) is 17.0 Å². The second kappa shape index (κ2) is 8.39. The SMILES string of the molecule is CC(=Nc1c(C)cc(C)cc1C)c1cn(C)c(C(C)=Nc2c(C)cc(C)cc2C)n1. The van der Waals surface area contributed by atoms with E-state index in [1.807, 2.05) is 31.7 Å². The minimum absolute atomic E-state index is 0.858. The van der Waals surface area contributed by atoms with Gasteiger partial charge in [0.1, 0.15) is 5.69 Å². The first-order valence-corrected chi connectivity index (χ1v) is 10.4. The van der Waals surface area contributed by atoms with Crippen LogP contribution in [0.15, 0.2) is 40.4 Å². The standard InChI is InChI=1S/C26H32N4/c1-15-10-17(3)24(18(4)11-15)27-21(7)23-14-30(9)26(29-23)22(8)28-25-19(5)12-16(2)13-20(25)6/h10-14H,1-9H3. The van der Waals surface area contributed by atoms with Gasteiger partial charge >= 0.3 is 0 Å². The maximum atomic E-state index is 4.92. The molecule has 0 unspecified atom stereocenters. The second-order valence-corrected chi connectivity index (χ2v) is 8.45. The molecule has 30 heavy (non-hydrogen) atoms. The fraction of sp³-hybridized carbons (Fsp3) is 0.346. The van der Waals surface area contributed by atoms with Gasteiger partial charge in [-0.3, -0.25) is 4.99 Å². The zero-order valence-corrected chi connectivity index (χ0v) is 19.7. The van der Waals surface area contributed by atoms with E-state index >= 15 is 0 Å². The normalized spacial score (nSPS) is 12.6. The van der Waals surface area contributed by atoms with Gasteiger partial charge in [0.25, 0.3) is 0 Å². The summed E-state index contributed by atoms with van der Waals surface area (Å²) in [6, 6.07) is 8.69. The van der Waals surface area contributed by atoms with Gasteiger partial charge < -0.3 is 4.57 Å². The minimum Gasteiger partial charge on any atom is -0.332 e. The molecule has 2 aromatic carbocycles. The van der Waals surface area contributed by atoms with Crippen molar-refractivity contribution in [3.05, 3.63) is 75.4 Å². The molecular formula is C26H32N4. The molecule has 0 N–H and O–H groups in total. The van der Waals surface area contributed by atoms with Crippen LogP contribution in [0.3, 0.4) is 0 Å². The number of aliphatic imine (C=N–C) groups is 2. The molecular weight excluding hydrogens is 368 g/mol. The topological polar surface area (TPSA) is 42.5 Å². The maximum absolute atomic E-state index is 4.92. The summed E-state index contributed by atoms with van der Waals surface area (Å²) in [5.41, 5.74) is 12.0. The van der Waals surface area contributed by atoms with Crippen molar-refractivity contribution in [2.45, 2.75) is 55.4 Å². The lowest BCUT2D eigenvalue weighted by atomic mass is 10.1. The monoisotopic (exact) mass is 400 g/mol. The summed E-state index contributed by atoms with van der Waals surface area (Å²) >= 11 is 0. The molecule has 3 rings (SSSR count). The van der Waals surface area contributed by atoms with E-state index in [0.29, 0.717) is 0 Å². The summed E-state index contributed by atoms with van der Waals surface area (Å²) in [5, 5.41) is 0. The molecule has 1 aromatic heterocycles. The van der Waals surface area contributed by atoms with E-state index in [1.54, 1.807) is 0 Å². The summed E-state index contributed by atoms with van der Waals surface area (Å²) < 4.78 is 2.03. The van der Waals surface area contributed by atoms with Crippen molar-refractivity contribution in [1.29, 1.82) is 0 Å². The van der Waals surface area contributed by atoms with Crippen molar-refractivity contribution in [1.82, 2.24) is 9.55 Å². The van der Waals surface area contributed by atoms with Crippen LogP contribution in [0.1, 0.15) is 58.7 Å². The van der Waals surface area contributed by atoms with Crippen LogP contribution in [-0.2, 0) is 7.05 Å². The summed E-state index contributed by atoms with van der Waals surface area (Å²) in [5.74, 6) is 0.858. The molecule has 0 saturated carbocycles. The highest BCUT2D eigenvalue weighted by Gasteiger charge is 2.13. The first-order chi connectivity index (χ1) is 14.1. The third-order valence-corrected chi connectivity index (χ3v) is 5.40. The Morgan fingerprint density at radius 3 is 1.53 bits per heavy atom. The van der Waals surface area contributed by atoms with Gasteiger partial charge in [0.2, 0.25) is 0 Å². The van der Waals surface area contributed by atoms with Crippen molar-refractivity contribution < 1.29 is 0 Å². The highest BCUT2D eigenvalue weighted by molar-refractivity contribution is 6.02. The van der Waals surface area contributed by atoms with Gasteiger partial charge in [0, 0.05) is 13.2 Å². The van der Waals surface area contributed by atoms with Gasteiger partial charge in [-0.05, 0) is 77.6 Å². The van der Waals surface area contributed by atoms with Crippen molar-refractivity contribution >= 4 is 22.8 Å². The Hall–Kier alpha value is -3.01. The predicted molar refractivity (Wildman–Crippen MR) is 128 cm³/mol. The Morgan fingerprint density at radius 1 is 0.700 bits per heavy atom. The number of hydrogen-bond acceptors (Lipinski definition) is 3. The number of hydrogen-bond donors (Lipinski definition) is 0. The predicted octanol–water partition coefficient (Wildman–Crippen LogP) is 6.55. The molecule has 4 heteroatoms. The third kappa shape index (κ3) is 4.43. The zero-order chi connectivity index (χ0) is 22.2. The molecule has 0 aliphatic carbocycles. The molecule has 0 radical (unpaired) electrons. The quantitative estimate of drug-likeness (QED) is 0.458. The molecule has 1 heterocycles. The molecule has 4 nitrogen and oxygen atoms in total. The number of imidazole rings is 1. The van der Waals surface area contributed by atoms with Gasteiger partial charge in [0.05, 0.1) is 22.8 Å². The summed E-state index contributed by atoms with van der Waals surface area (Å²) in [7, 11) is 2.01. The third-order valence-electron chi connectivity index (χ3n) is 5.40. The van der Waals surface area contributed by atoms with E-state index in [2.05, 4.69) is 65.8 Å². The molecule has 0 atom stereocenters. The van der Waals surface area contributed by atoms with Gasteiger partial charge in [-0.25, -0.2) is 9.98 Å². The average Bonchev–Trinajstić information content (AvgIpc) is 3.02. The van der Waals surface area contributed by atoms with Crippen LogP contribution in [0, 0.1) is 41.5 Å². The van der Waals surface area contributed by atoms with E-state index in [0.717, 1.165) is 34.3 Å². The van der Waals surface area contributed by atoms with E-state index < -0.39 is 0 Å². The van der Waals surface area contributed by atoms with Crippen LogP contribution in [-0.4, -0.2) is 21.0 Å². The first kappa shape index (κ1) is 21.7. The fourth-order valence-corrected chi connectivity index (χ4v) is 4.12. The molecule has 0 saturated heterocycles. The van der Waals surface area contributed by atoms with Crippen LogP contribution in [0.4, 0.5) is 11.4 Å². The summed E-state index contributed by atoms with van der Waals surface area (Å²) in [6.45, 7) is 16.7. The molecule has 156 valence electrons. The lowest BCUT2D eigenvalue weighted by Crippen LogP contribution is -2.04. The molecule has 0 fully saturated rings. The molecule has 3 aromatic rings. The first-order valence-electron chi connectivity index (χ1n) is 10.4. The molecule has 0 aliphatic rings. The van der Waals surface area contributed by atoms with Gasteiger partial charge in [0.15, 0.2) is 5.82 Å². The number of rotatable bonds is 4. The van der Waals surface area contributed by atoms with Crippen LogP contribution in [0.25, 0.3) is 0 Å². The minimum atomic E-state index is 0.858. The Balaban J connectivity index is 2.00. The smallest absolute Gasteiger partial charge is 0.154 e. The molecule has 0 bridgehead atoms. The van der Waals surface area contributed by atoms with Crippen LogP contribution in [0.5, 0.6) is 0 Å². The Kier molecular flexibility index (Phi) is 6.06. The Morgan fingerprint density at radius 2 is 1.10 bits per heavy atom. The van der Waals surface area contributed by atoms with Gasteiger partial charge in [-0.15, -0.1) is 0 Å².